The maximum absolute atomic E-state index is 13.8. The molecule has 1 heterocycles. The standard InChI is InChI=1S/C13H15F2N3/c1-7(2)10-12(17-18(3)13(10)16)8-5-4-6-9(14)11(8)15/h4-7H,16H2,1-3H3. The molecule has 2 aromatic rings. The van der Waals surface area contributed by atoms with E-state index < -0.39 is 11.6 Å². The van der Waals surface area contributed by atoms with Crippen LogP contribution >= 0.6 is 0 Å². The van der Waals surface area contributed by atoms with Gasteiger partial charge in [-0.2, -0.15) is 5.10 Å². The van der Waals surface area contributed by atoms with Crippen molar-refractivity contribution < 1.29 is 8.78 Å². The molecule has 0 aliphatic carbocycles. The van der Waals surface area contributed by atoms with Gasteiger partial charge in [0.15, 0.2) is 11.6 Å². The molecule has 0 aliphatic rings. The molecule has 0 atom stereocenters. The van der Waals surface area contributed by atoms with E-state index in [2.05, 4.69) is 5.10 Å². The second kappa shape index (κ2) is 4.40. The number of nitrogens with zero attached hydrogens (tertiary/aromatic N) is 2. The fourth-order valence-electron chi connectivity index (χ4n) is 2.01. The summed E-state index contributed by atoms with van der Waals surface area (Å²) in [6.07, 6.45) is 0. The van der Waals surface area contributed by atoms with Crippen molar-refractivity contribution in [2.45, 2.75) is 19.8 Å². The van der Waals surface area contributed by atoms with Gasteiger partial charge in [-0.1, -0.05) is 19.9 Å². The van der Waals surface area contributed by atoms with Crippen molar-refractivity contribution in [1.82, 2.24) is 9.78 Å². The van der Waals surface area contributed by atoms with Crippen molar-refractivity contribution in [3.8, 4) is 11.3 Å². The zero-order chi connectivity index (χ0) is 13.4. The van der Waals surface area contributed by atoms with E-state index in [4.69, 9.17) is 5.73 Å². The molecule has 0 saturated heterocycles. The van der Waals surface area contributed by atoms with E-state index >= 15 is 0 Å². The number of hydrogen-bond donors (Lipinski definition) is 1. The highest BCUT2D eigenvalue weighted by atomic mass is 19.2. The molecule has 1 aromatic heterocycles. The van der Waals surface area contributed by atoms with Crippen LogP contribution in [0, 0.1) is 11.6 Å². The molecule has 2 N–H and O–H groups in total. The number of nitrogens with two attached hydrogens (primary N) is 1. The third-order valence-corrected chi connectivity index (χ3v) is 2.91. The molecule has 96 valence electrons. The van der Waals surface area contributed by atoms with E-state index in [9.17, 15) is 8.78 Å². The van der Waals surface area contributed by atoms with Crippen LogP contribution in [0.15, 0.2) is 18.2 Å². The first-order valence-corrected chi connectivity index (χ1v) is 5.70. The van der Waals surface area contributed by atoms with Gasteiger partial charge < -0.3 is 5.73 Å². The van der Waals surface area contributed by atoms with Gasteiger partial charge in [0.2, 0.25) is 0 Å². The highest BCUT2D eigenvalue weighted by Gasteiger charge is 2.21. The Kier molecular flexibility index (Phi) is 3.07. The molecular weight excluding hydrogens is 236 g/mol. The predicted molar refractivity (Wildman–Crippen MR) is 67.1 cm³/mol. The molecule has 1 aromatic carbocycles. The van der Waals surface area contributed by atoms with Gasteiger partial charge >= 0.3 is 0 Å². The highest BCUT2D eigenvalue weighted by Crippen LogP contribution is 2.34. The van der Waals surface area contributed by atoms with Crippen LogP contribution in [0.4, 0.5) is 14.6 Å². The minimum Gasteiger partial charge on any atom is -0.384 e. The Morgan fingerprint density at radius 3 is 2.56 bits per heavy atom. The van der Waals surface area contributed by atoms with Crippen LogP contribution in [-0.2, 0) is 7.05 Å². The van der Waals surface area contributed by atoms with Gasteiger partial charge in [-0.3, -0.25) is 4.68 Å². The van der Waals surface area contributed by atoms with Gasteiger partial charge in [0.1, 0.15) is 11.5 Å². The summed E-state index contributed by atoms with van der Waals surface area (Å²) in [4.78, 5) is 0. The van der Waals surface area contributed by atoms with Crippen molar-refractivity contribution >= 4 is 5.82 Å². The van der Waals surface area contributed by atoms with Crippen LogP contribution in [0.25, 0.3) is 11.3 Å². The molecule has 18 heavy (non-hydrogen) atoms. The Bertz CT molecular complexity index is 588. The minimum atomic E-state index is -0.891. The maximum Gasteiger partial charge on any atom is 0.168 e. The topological polar surface area (TPSA) is 43.8 Å². The number of rotatable bonds is 2. The summed E-state index contributed by atoms with van der Waals surface area (Å²) in [6.45, 7) is 3.88. The molecule has 3 nitrogen and oxygen atoms in total. The van der Waals surface area contributed by atoms with E-state index in [0.29, 0.717) is 11.5 Å². The molecule has 0 bridgehead atoms. The maximum atomic E-state index is 13.8. The number of anilines is 1. The normalized spacial score (nSPS) is 11.2. The summed E-state index contributed by atoms with van der Waals surface area (Å²) in [7, 11) is 1.68. The SMILES string of the molecule is CC(C)c1c(-c2cccc(F)c2F)nn(C)c1N. The lowest BCUT2D eigenvalue weighted by molar-refractivity contribution is 0.510. The van der Waals surface area contributed by atoms with Crippen molar-refractivity contribution in [2.24, 2.45) is 7.05 Å². The molecule has 0 saturated carbocycles. The number of aryl methyl sites for hydroxylation is 1. The second-order valence-electron chi connectivity index (χ2n) is 4.53. The Balaban J connectivity index is 2.71. The smallest absolute Gasteiger partial charge is 0.168 e. The van der Waals surface area contributed by atoms with E-state index in [1.807, 2.05) is 13.8 Å². The van der Waals surface area contributed by atoms with Gasteiger partial charge in [0, 0.05) is 18.2 Å². The van der Waals surface area contributed by atoms with Crippen LogP contribution in [0.3, 0.4) is 0 Å². The first-order valence-electron chi connectivity index (χ1n) is 5.70. The summed E-state index contributed by atoms with van der Waals surface area (Å²) < 4.78 is 28.6. The number of halogens is 2. The van der Waals surface area contributed by atoms with Crippen molar-refractivity contribution in [2.75, 3.05) is 5.73 Å². The third-order valence-electron chi connectivity index (χ3n) is 2.91. The quantitative estimate of drug-likeness (QED) is 0.891. The fraction of sp³-hybridized carbons (Fsp3) is 0.308. The van der Waals surface area contributed by atoms with E-state index in [1.165, 1.54) is 16.8 Å². The number of nitrogen functional groups attached to an aromatic ring is 1. The number of benzene rings is 1. The second-order valence-corrected chi connectivity index (χ2v) is 4.53. The first-order chi connectivity index (χ1) is 8.43. The third kappa shape index (κ3) is 1.85. The summed E-state index contributed by atoms with van der Waals surface area (Å²) in [6, 6.07) is 4.05. The van der Waals surface area contributed by atoms with E-state index in [1.54, 1.807) is 7.05 Å². The van der Waals surface area contributed by atoms with Crippen LogP contribution in [-0.4, -0.2) is 9.78 Å². The Hall–Kier alpha value is -1.91. The lowest BCUT2D eigenvalue weighted by atomic mass is 9.98. The minimum absolute atomic E-state index is 0.0800. The molecule has 0 fully saturated rings. The summed E-state index contributed by atoms with van der Waals surface area (Å²) in [5.74, 6) is -1.22. The molecule has 0 amide bonds. The van der Waals surface area contributed by atoms with Crippen LogP contribution in [0.1, 0.15) is 25.3 Å². The van der Waals surface area contributed by atoms with E-state index in [-0.39, 0.29) is 11.5 Å². The largest absolute Gasteiger partial charge is 0.384 e. The summed E-state index contributed by atoms with van der Waals surface area (Å²) in [5.41, 5.74) is 7.20. The van der Waals surface area contributed by atoms with Crippen LogP contribution < -0.4 is 5.73 Å². The molecular formula is C13H15F2N3. The Morgan fingerprint density at radius 1 is 1.28 bits per heavy atom. The first kappa shape index (κ1) is 12.5. The number of aromatic nitrogens is 2. The monoisotopic (exact) mass is 251 g/mol. The average Bonchev–Trinajstić information content (AvgIpc) is 2.59. The molecule has 0 aliphatic heterocycles. The van der Waals surface area contributed by atoms with Gasteiger partial charge in [-0.05, 0) is 18.1 Å². The molecule has 0 unspecified atom stereocenters. The zero-order valence-corrected chi connectivity index (χ0v) is 10.5. The summed E-state index contributed by atoms with van der Waals surface area (Å²) in [5, 5.41) is 4.19. The molecule has 0 spiro atoms. The lowest BCUT2D eigenvalue weighted by Crippen LogP contribution is -2.00. The predicted octanol–water partition coefficient (Wildman–Crippen LogP) is 3.07. The van der Waals surface area contributed by atoms with E-state index in [0.717, 1.165) is 11.6 Å². The molecule has 0 radical (unpaired) electrons. The average molecular weight is 251 g/mol. The van der Waals surface area contributed by atoms with Crippen molar-refractivity contribution in [3.05, 3.63) is 35.4 Å². The van der Waals surface area contributed by atoms with Crippen molar-refractivity contribution in [3.63, 3.8) is 0 Å². The molecule has 2 rings (SSSR count). The fourth-order valence-corrected chi connectivity index (χ4v) is 2.01. The van der Waals surface area contributed by atoms with Gasteiger partial charge in [0.05, 0.1) is 0 Å². The Labute approximate surface area is 104 Å². The van der Waals surface area contributed by atoms with Crippen LogP contribution in [0.2, 0.25) is 0 Å². The van der Waals surface area contributed by atoms with Crippen LogP contribution in [0.5, 0.6) is 0 Å². The highest BCUT2D eigenvalue weighted by molar-refractivity contribution is 5.69. The number of hydrogen-bond acceptors (Lipinski definition) is 2. The van der Waals surface area contributed by atoms with Crippen molar-refractivity contribution in [1.29, 1.82) is 0 Å². The van der Waals surface area contributed by atoms with Gasteiger partial charge in [0.25, 0.3) is 0 Å². The summed E-state index contributed by atoms with van der Waals surface area (Å²) >= 11 is 0. The van der Waals surface area contributed by atoms with Gasteiger partial charge in [-0.25, -0.2) is 8.78 Å². The lowest BCUT2D eigenvalue weighted by Gasteiger charge is -2.08. The van der Waals surface area contributed by atoms with Gasteiger partial charge in [-0.15, -0.1) is 0 Å². The Morgan fingerprint density at radius 2 is 1.94 bits per heavy atom. The zero-order valence-electron chi connectivity index (χ0n) is 10.5. The molecule has 5 heteroatoms.